The Labute approximate surface area is 138 Å². The van der Waals surface area contributed by atoms with E-state index in [1.165, 1.54) is 0 Å². The number of amides is 1. The van der Waals surface area contributed by atoms with Crippen LogP contribution in [0.2, 0.25) is 0 Å². The number of fused-ring (bicyclic) bond motifs is 1. The number of carbonyl (C=O) groups is 1. The van der Waals surface area contributed by atoms with Gasteiger partial charge in [-0.15, -0.1) is 0 Å². The van der Waals surface area contributed by atoms with Gasteiger partial charge in [-0.05, 0) is 29.8 Å². The van der Waals surface area contributed by atoms with Crippen molar-refractivity contribution in [3.8, 4) is 5.75 Å². The molecular formula is C17H18N4O3. The lowest BCUT2D eigenvalue weighted by molar-refractivity contribution is 0.0706. The predicted octanol–water partition coefficient (Wildman–Crippen LogP) is 2.31. The summed E-state index contributed by atoms with van der Waals surface area (Å²) in [6.07, 6.45) is 0. The highest BCUT2D eigenvalue weighted by Crippen LogP contribution is 2.23. The van der Waals surface area contributed by atoms with Crippen LogP contribution in [-0.4, -0.2) is 27.8 Å². The summed E-state index contributed by atoms with van der Waals surface area (Å²) >= 11 is 0. The van der Waals surface area contributed by atoms with E-state index in [0.29, 0.717) is 12.1 Å². The Morgan fingerprint density at radius 2 is 2.00 bits per heavy atom. The molecule has 0 fully saturated rings. The molecule has 0 aliphatic heterocycles. The van der Waals surface area contributed by atoms with E-state index in [2.05, 4.69) is 10.3 Å². The van der Waals surface area contributed by atoms with Crippen molar-refractivity contribution < 1.29 is 14.7 Å². The van der Waals surface area contributed by atoms with Crippen LogP contribution < -0.4 is 15.5 Å². The third-order valence-corrected chi connectivity index (χ3v) is 3.86. The van der Waals surface area contributed by atoms with Crippen molar-refractivity contribution in [2.45, 2.75) is 6.54 Å². The van der Waals surface area contributed by atoms with Crippen LogP contribution in [0.15, 0.2) is 42.5 Å². The van der Waals surface area contributed by atoms with Crippen LogP contribution in [0.5, 0.6) is 5.75 Å². The van der Waals surface area contributed by atoms with Gasteiger partial charge in [-0.25, -0.2) is 10.5 Å². The van der Waals surface area contributed by atoms with Crippen molar-refractivity contribution in [2.75, 3.05) is 12.4 Å². The van der Waals surface area contributed by atoms with Crippen molar-refractivity contribution in [1.29, 1.82) is 0 Å². The Morgan fingerprint density at radius 1 is 1.25 bits per heavy atom. The Balaban J connectivity index is 1.75. The van der Waals surface area contributed by atoms with E-state index in [1.54, 1.807) is 24.7 Å². The molecule has 0 aliphatic rings. The first-order chi connectivity index (χ1) is 11.6. The van der Waals surface area contributed by atoms with Crippen molar-refractivity contribution >= 4 is 22.9 Å². The molecule has 0 saturated carbocycles. The van der Waals surface area contributed by atoms with Crippen LogP contribution in [-0.2, 0) is 13.6 Å². The molecule has 3 rings (SSSR count). The lowest BCUT2D eigenvalue weighted by Gasteiger charge is -2.07. The van der Waals surface area contributed by atoms with Crippen LogP contribution in [0.3, 0.4) is 0 Å². The molecule has 1 heterocycles. The summed E-state index contributed by atoms with van der Waals surface area (Å²) in [5, 5.41) is 11.9. The molecule has 1 amide bonds. The van der Waals surface area contributed by atoms with Gasteiger partial charge in [0.05, 0.1) is 18.1 Å². The van der Waals surface area contributed by atoms with E-state index in [1.807, 2.05) is 41.9 Å². The van der Waals surface area contributed by atoms with Crippen LogP contribution in [0.25, 0.3) is 11.0 Å². The predicted molar refractivity (Wildman–Crippen MR) is 90.3 cm³/mol. The highest BCUT2D eigenvalue weighted by atomic mass is 16.5. The van der Waals surface area contributed by atoms with Gasteiger partial charge in [0.1, 0.15) is 5.75 Å². The van der Waals surface area contributed by atoms with Gasteiger partial charge < -0.3 is 14.6 Å². The largest absolute Gasteiger partial charge is 0.497 e. The number of aromatic nitrogens is 2. The van der Waals surface area contributed by atoms with Gasteiger partial charge in [0, 0.05) is 25.2 Å². The fourth-order valence-electron chi connectivity index (χ4n) is 2.48. The number of rotatable bonds is 5. The summed E-state index contributed by atoms with van der Waals surface area (Å²) in [5.74, 6) is 0.985. The summed E-state index contributed by atoms with van der Waals surface area (Å²) in [6, 6.07) is 12.7. The number of imidazole rings is 1. The molecule has 3 aromatic rings. The number of nitrogens with zero attached hydrogens (tertiary/aromatic N) is 2. The lowest BCUT2D eigenvalue weighted by atomic mass is 10.1. The van der Waals surface area contributed by atoms with Gasteiger partial charge in [-0.1, -0.05) is 12.1 Å². The van der Waals surface area contributed by atoms with Gasteiger partial charge in [-0.2, -0.15) is 0 Å². The standard InChI is InChI=1S/C17H18N4O3/c1-21-15-8-7-13(24-2)9-14(15)19-17(21)18-10-11-3-5-12(6-4-11)16(22)20-23/h3-9,23H,10H2,1-2H3,(H,18,19)(H,20,22). The zero-order chi connectivity index (χ0) is 17.1. The van der Waals surface area contributed by atoms with E-state index < -0.39 is 5.91 Å². The minimum Gasteiger partial charge on any atom is -0.497 e. The van der Waals surface area contributed by atoms with Gasteiger partial charge >= 0.3 is 0 Å². The highest BCUT2D eigenvalue weighted by Gasteiger charge is 2.09. The minimum absolute atomic E-state index is 0.399. The molecule has 0 unspecified atom stereocenters. The molecule has 7 heteroatoms. The summed E-state index contributed by atoms with van der Waals surface area (Å²) in [4.78, 5) is 15.9. The number of anilines is 1. The summed E-state index contributed by atoms with van der Waals surface area (Å²) < 4.78 is 7.19. The number of hydrogen-bond donors (Lipinski definition) is 3. The number of hydroxylamine groups is 1. The van der Waals surface area contributed by atoms with Crippen LogP contribution in [0.4, 0.5) is 5.95 Å². The van der Waals surface area contributed by atoms with Crippen LogP contribution in [0.1, 0.15) is 15.9 Å². The minimum atomic E-state index is -0.529. The van der Waals surface area contributed by atoms with Crippen molar-refractivity contribution in [2.24, 2.45) is 7.05 Å². The molecule has 3 N–H and O–H groups in total. The molecule has 0 aliphatic carbocycles. The maximum absolute atomic E-state index is 11.3. The average Bonchev–Trinajstić information content (AvgIpc) is 2.95. The van der Waals surface area contributed by atoms with E-state index >= 15 is 0 Å². The molecule has 1 aromatic heterocycles. The van der Waals surface area contributed by atoms with E-state index in [9.17, 15) is 4.79 Å². The van der Waals surface area contributed by atoms with E-state index in [4.69, 9.17) is 9.94 Å². The van der Waals surface area contributed by atoms with Crippen LogP contribution in [0, 0.1) is 0 Å². The lowest BCUT2D eigenvalue weighted by Crippen LogP contribution is -2.18. The molecule has 0 radical (unpaired) electrons. The van der Waals surface area contributed by atoms with E-state index in [-0.39, 0.29) is 0 Å². The van der Waals surface area contributed by atoms with Crippen molar-refractivity contribution in [3.63, 3.8) is 0 Å². The van der Waals surface area contributed by atoms with Gasteiger partial charge in [0.25, 0.3) is 5.91 Å². The second-order valence-electron chi connectivity index (χ2n) is 5.34. The second kappa shape index (κ2) is 6.59. The zero-order valence-corrected chi connectivity index (χ0v) is 13.4. The van der Waals surface area contributed by atoms with Gasteiger partial charge in [0.15, 0.2) is 0 Å². The SMILES string of the molecule is COc1ccc2c(c1)nc(NCc1ccc(C(=O)NO)cc1)n2C. The monoisotopic (exact) mass is 326 g/mol. The smallest absolute Gasteiger partial charge is 0.274 e. The van der Waals surface area contributed by atoms with Crippen molar-refractivity contribution in [3.05, 3.63) is 53.6 Å². The number of aryl methyl sites for hydroxylation is 1. The summed E-state index contributed by atoms with van der Waals surface area (Å²) in [5.41, 5.74) is 4.87. The summed E-state index contributed by atoms with van der Waals surface area (Å²) in [7, 11) is 3.57. The molecular weight excluding hydrogens is 308 g/mol. The van der Waals surface area contributed by atoms with Crippen LogP contribution >= 0.6 is 0 Å². The molecule has 0 atom stereocenters. The maximum atomic E-state index is 11.3. The quantitative estimate of drug-likeness (QED) is 0.495. The molecule has 24 heavy (non-hydrogen) atoms. The molecule has 0 saturated heterocycles. The second-order valence-corrected chi connectivity index (χ2v) is 5.34. The molecule has 124 valence electrons. The first-order valence-corrected chi connectivity index (χ1v) is 7.40. The number of hydrogen-bond acceptors (Lipinski definition) is 5. The average molecular weight is 326 g/mol. The Bertz CT molecular complexity index is 871. The number of benzene rings is 2. The Hall–Kier alpha value is -3.06. The number of ether oxygens (including phenoxy) is 1. The number of carbonyl (C=O) groups excluding carboxylic acids is 1. The molecule has 2 aromatic carbocycles. The first kappa shape index (κ1) is 15.8. The first-order valence-electron chi connectivity index (χ1n) is 7.40. The normalized spacial score (nSPS) is 10.6. The molecule has 0 bridgehead atoms. The Morgan fingerprint density at radius 3 is 2.67 bits per heavy atom. The summed E-state index contributed by atoms with van der Waals surface area (Å²) in [6.45, 7) is 0.565. The molecule has 7 nitrogen and oxygen atoms in total. The topological polar surface area (TPSA) is 88.4 Å². The fourth-order valence-corrected chi connectivity index (χ4v) is 2.48. The zero-order valence-electron chi connectivity index (χ0n) is 13.4. The van der Waals surface area contributed by atoms with Gasteiger partial charge in [0.2, 0.25) is 5.95 Å². The van der Waals surface area contributed by atoms with E-state index in [0.717, 1.165) is 28.3 Å². The van der Waals surface area contributed by atoms with Crippen molar-refractivity contribution in [1.82, 2.24) is 15.0 Å². The molecule has 0 spiro atoms. The third kappa shape index (κ3) is 3.02. The number of nitrogens with one attached hydrogen (secondary N) is 2. The maximum Gasteiger partial charge on any atom is 0.274 e. The Kier molecular flexibility index (Phi) is 4.35. The fraction of sp³-hybridized carbons (Fsp3) is 0.176. The highest BCUT2D eigenvalue weighted by molar-refractivity contribution is 5.93. The third-order valence-electron chi connectivity index (χ3n) is 3.86. The van der Waals surface area contributed by atoms with Gasteiger partial charge in [-0.3, -0.25) is 10.0 Å². The number of methoxy groups -OCH3 is 1.